The molecular weight excluding hydrogens is 307 g/mol. The van der Waals surface area contributed by atoms with E-state index in [1.165, 1.54) is 0 Å². The molecular formula is C16H24F3N3O. The minimum atomic E-state index is -4.17. The van der Waals surface area contributed by atoms with Gasteiger partial charge in [0, 0.05) is 13.1 Å². The number of hydrogen-bond acceptors (Lipinski definition) is 2. The second kappa shape index (κ2) is 9.27. The third-order valence-corrected chi connectivity index (χ3v) is 2.91. The number of aliphatic imine (C=N–C) groups is 1. The van der Waals surface area contributed by atoms with Gasteiger partial charge in [-0.2, -0.15) is 13.2 Å². The number of guanidine groups is 1. The highest BCUT2D eigenvalue weighted by atomic mass is 19.4. The van der Waals surface area contributed by atoms with Gasteiger partial charge in [-0.15, -0.1) is 0 Å². The molecule has 2 N–H and O–H groups in total. The van der Waals surface area contributed by atoms with Crippen LogP contribution in [0.3, 0.4) is 0 Å². The van der Waals surface area contributed by atoms with Gasteiger partial charge in [0.05, 0.1) is 13.0 Å². The summed E-state index contributed by atoms with van der Waals surface area (Å²) in [7, 11) is 0. The number of nitrogens with zero attached hydrogens (tertiary/aromatic N) is 1. The van der Waals surface area contributed by atoms with Crippen LogP contribution in [0.15, 0.2) is 29.3 Å². The SMILES string of the molecule is CCNC(=NCC(C)Oc1ccc(C)cc1)NCCC(F)(F)F. The minimum absolute atomic E-state index is 0.184. The lowest BCUT2D eigenvalue weighted by molar-refractivity contribution is -0.132. The van der Waals surface area contributed by atoms with E-state index in [1.807, 2.05) is 45.0 Å². The molecule has 1 aromatic carbocycles. The number of halogens is 3. The third kappa shape index (κ3) is 8.95. The van der Waals surface area contributed by atoms with Gasteiger partial charge in [-0.1, -0.05) is 17.7 Å². The molecule has 1 unspecified atom stereocenters. The first-order valence-electron chi connectivity index (χ1n) is 7.62. The number of aryl methyl sites for hydroxylation is 1. The van der Waals surface area contributed by atoms with Crippen LogP contribution < -0.4 is 15.4 Å². The third-order valence-electron chi connectivity index (χ3n) is 2.91. The maximum Gasteiger partial charge on any atom is 0.390 e. The Morgan fingerprint density at radius 2 is 1.87 bits per heavy atom. The fourth-order valence-electron chi connectivity index (χ4n) is 1.77. The van der Waals surface area contributed by atoms with Crippen LogP contribution in [0.2, 0.25) is 0 Å². The zero-order chi connectivity index (χ0) is 17.3. The Labute approximate surface area is 135 Å². The Bertz CT molecular complexity index is 486. The molecule has 23 heavy (non-hydrogen) atoms. The molecule has 0 aliphatic rings. The molecule has 0 aromatic heterocycles. The van der Waals surface area contributed by atoms with Crippen LogP contribution in [0.1, 0.15) is 25.8 Å². The summed E-state index contributed by atoms with van der Waals surface area (Å²) in [5.74, 6) is 1.10. The Hall–Kier alpha value is -1.92. The monoisotopic (exact) mass is 331 g/mol. The number of hydrogen-bond donors (Lipinski definition) is 2. The molecule has 0 spiro atoms. The molecule has 1 rings (SSSR count). The summed E-state index contributed by atoms with van der Waals surface area (Å²) in [6, 6.07) is 7.66. The molecule has 0 fully saturated rings. The van der Waals surface area contributed by atoms with Gasteiger partial charge in [-0.25, -0.2) is 4.99 Å². The molecule has 0 saturated carbocycles. The van der Waals surface area contributed by atoms with Crippen LogP contribution in [0, 0.1) is 6.92 Å². The van der Waals surface area contributed by atoms with E-state index in [0.717, 1.165) is 11.3 Å². The van der Waals surface area contributed by atoms with Crippen LogP contribution in [0.25, 0.3) is 0 Å². The first kappa shape index (κ1) is 19.1. The van der Waals surface area contributed by atoms with Crippen molar-refractivity contribution in [3.63, 3.8) is 0 Å². The van der Waals surface area contributed by atoms with Crippen molar-refractivity contribution in [1.29, 1.82) is 0 Å². The van der Waals surface area contributed by atoms with Gasteiger partial charge in [0.25, 0.3) is 0 Å². The maximum absolute atomic E-state index is 12.2. The molecule has 130 valence electrons. The minimum Gasteiger partial charge on any atom is -0.489 e. The van der Waals surface area contributed by atoms with Crippen molar-refractivity contribution in [2.45, 2.75) is 39.5 Å². The second-order valence-electron chi connectivity index (χ2n) is 5.25. The lowest BCUT2D eigenvalue weighted by atomic mass is 10.2. The number of benzene rings is 1. The molecule has 0 aliphatic carbocycles. The van der Waals surface area contributed by atoms with Crippen LogP contribution in [0.4, 0.5) is 13.2 Å². The van der Waals surface area contributed by atoms with E-state index in [-0.39, 0.29) is 12.6 Å². The Kier molecular flexibility index (Phi) is 7.71. The van der Waals surface area contributed by atoms with Gasteiger partial charge < -0.3 is 15.4 Å². The highest BCUT2D eigenvalue weighted by molar-refractivity contribution is 5.79. The molecule has 4 nitrogen and oxygen atoms in total. The molecule has 0 saturated heterocycles. The summed E-state index contributed by atoms with van der Waals surface area (Å²) in [4.78, 5) is 4.25. The number of rotatable bonds is 7. The molecule has 0 heterocycles. The van der Waals surface area contributed by atoms with Crippen LogP contribution in [0.5, 0.6) is 5.75 Å². The topological polar surface area (TPSA) is 45.7 Å². The molecule has 0 aliphatic heterocycles. The normalized spacial score (nSPS) is 13.6. The zero-order valence-corrected chi connectivity index (χ0v) is 13.7. The Morgan fingerprint density at radius 3 is 2.43 bits per heavy atom. The summed E-state index contributed by atoms with van der Waals surface area (Å²) in [5.41, 5.74) is 1.14. The lowest BCUT2D eigenvalue weighted by Gasteiger charge is -2.15. The van der Waals surface area contributed by atoms with Gasteiger partial charge in [0.1, 0.15) is 11.9 Å². The van der Waals surface area contributed by atoms with Gasteiger partial charge in [0.2, 0.25) is 0 Å². The van der Waals surface area contributed by atoms with Gasteiger partial charge >= 0.3 is 6.18 Å². The average Bonchev–Trinajstić information content (AvgIpc) is 2.46. The van der Waals surface area contributed by atoms with Crippen LogP contribution >= 0.6 is 0 Å². The molecule has 0 radical (unpaired) electrons. The van der Waals surface area contributed by atoms with Crippen molar-refractivity contribution in [1.82, 2.24) is 10.6 Å². The predicted molar refractivity (Wildman–Crippen MR) is 85.9 cm³/mol. The van der Waals surface area contributed by atoms with Crippen molar-refractivity contribution in [2.75, 3.05) is 19.6 Å². The van der Waals surface area contributed by atoms with E-state index in [4.69, 9.17) is 4.74 Å². The van der Waals surface area contributed by atoms with Crippen LogP contribution in [-0.2, 0) is 0 Å². The maximum atomic E-state index is 12.2. The van der Waals surface area contributed by atoms with Crippen molar-refractivity contribution in [2.24, 2.45) is 4.99 Å². The van der Waals surface area contributed by atoms with E-state index < -0.39 is 12.6 Å². The van der Waals surface area contributed by atoms with Crippen LogP contribution in [-0.4, -0.2) is 37.9 Å². The molecule has 0 bridgehead atoms. The standard InChI is InChI=1S/C16H24F3N3O/c1-4-20-15(21-10-9-16(17,18)19)22-11-13(3)23-14-7-5-12(2)6-8-14/h5-8,13H,4,9-11H2,1-3H3,(H2,20,21,22). The van der Waals surface area contributed by atoms with E-state index >= 15 is 0 Å². The molecule has 1 atom stereocenters. The summed E-state index contributed by atoms with van der Waals surface area (Å²) in [6.07, 6.45) is -5.25. The van der Waals surface area contributed by atoms with Crippen molar-refractivity contribution in [3.05, 3.63) is 29.8 Å². The fraction of sp³-hybridized carbons (Fsp3) is 0.562. The quantitative estimate of drug-likeness (QED) is 0.595. The molecule has 0 amide bonds. The van der Waals surface area contributed by atoms with E-state index in [1.54, 1.807) is 0 Å². The Morgan fingerprint density at radius 1 is 1.22 bits per heavy atom. The largest absolute Gasteiger partial charge is 0.489 e. The van der Waals surface area contributed by atoms with E-state index in [2.05, 4.69) is 15.6 Å². The summed E-state index contributed by atoms with van der Waals surface area (Å²) < 4.78 is 42.2. The average molecular weight is 331 g/mol. The molecule has 7 heteroatoms. The first-order valence-corrected chi connectivity index (χ1v) is 7.62. The van der Waals surface area contributed by atoms with Crippen molar-refractivity contribution in [3.8, 4) is 5.75 Å². The van der Waals surface area contributed by atoms with Crippen molar-refractivity contribution < 1.29 is 17.9 Å². The second-order valence-corrected chi connectivity index (χ2v) is 5.25. The smallest absolute Gasteiger partial charge is 0.390 e. The summed E-state index contributed by atoms with van der Waals surface area (Å²) in [5, 5.41) is 5.58. The predicted octanol–water partition coefficient (Wildman–Crippen LogP) is 3.27. The number of nitrogens with one attached hydrogen (secondary N) is 2. The lowest BCUT2D eigenvalue weighted by Crippen LogP contribution is -2.39. The fourth-order valence-corrected chi connectivity index (χ4v) is 1.77. The van der Waals surface area contributed by atoms with E-state index in [0.29, 0.717) is 19.0 Å². The Balaban J connectivity index is 2.46. The van der Waals surface area contributed by atoms with Gasteiger partial charge in [-0.3, -0.25) is 0 Å². The number of ether oxygens (including phenoxy) is 1. The zero-order valence-electron chi connectivity index (χ0n) is 13.7. The first-order chi connectivity index (χ1) is 10.8. The van der Waals surface area contributed by atoms with Crippen molar-refractivity contribution >= 4 is 5.96 Å². The molecule has 1 aromatic rings. The number of alkyl halides is 3. The van der Waals surface area contributed by atoms with Gasteiger partial charge in [0.15, 0.2) is 5.96 Å². The summed E-state index contributed by atoms with van der Waals surface area (Å²) >= 11 is 0. The highest BCUT2D eigenvalue weighted by Crippen LogP contribution is 2.18. The summed E-state index contributed by atoms with van der Waals surface area (Å²) in [6.45, 7) is 6.42. The van der Waals surface area contributed by atoms with Gasteiger partial charge in [-0.05, 0) is 32.9 Å². The van der Waals surface area contributed by atoms with E-state index in [9.17, 15) is 13.2 Å². The highest BCUT2D eigenvalue weighted by Gasteiger charge is 2.26.